The van der Waals surface area contributed by atoms with Crippen LogP contribution in [0.2, 0.25) is 0 Å². The third-order valence-corrected chi connectivity index (χ3v) is 5.16. The Balaban J connectivity index is 1.40. The summed E-state index contributed by atoms with van der Waals surface area (Å²) < 4.78 is 1.88. The van der Waals surface area contributed by atoms with Crippen molar-refractivity contribution in [1.29, 1.82) is 0 Å². The highest BCUT2D eigenvalue weighted by Crippen LogP contribution is 2.24. The van der Waals surface area contributed by atoms with E-state index in [1.807, 2.05) is 71.2 Å². The second-order valence-corrected chi connectivity index (χ2v) is 7.07. The van der Waals surface area contributed by atoms with Crippen molar-refractivity contribution < 1.29 is 4.79 Å². The van der Waals surface area contributed by atoms with Gasteiger partial charge in [-0.3, -0.25) is 0 Å². The fraction of sp³-hybridized carbons (Fsp3) is 0.286. The normalized spacial score (nSPS) is 16.5. The lowest BCUT2D eigenvalue weighted by Gasteiger charge is -2.17. The average Bonchev–Trinajstić information content (AvgIpc) is 3.35. The second kappa shape index (κ2) is 7.23. The predicted molar refractivity (Wildman–Crippen MR) is 106 cm³/mol. The summed E-state index contributed by atoms with van der Waals surface area (Å²) in [7, 11) is 0. The Bertz CT molecular complexity index is 950. The molecule has 4 rings (SSSR count). The molecule has 2 aromatic carbocycles. The first kappa shape index (κ1) is 17.3. The summed E-state index contributed by atoms with van der Waals surface area (Å²) in [6.07, 6.45) is 2.84. The van der Waals surface area contributed by atoms with E-state index in [4.69, 9.17) is 0 Å². The predicted octanol–water partition coefficient (Wildman–Crippen LogP) is 4.04. The summed E-state index contributed by atoms with van der Waals surface area (Å²) in [5, 5.41) is 11.6. The van der Waals surface area contributed by atoms with E-state index in [2.05, 4.69) is 22.6 Å². The molecule has 27 heavy (non-hydrogen) atoms. The van der Waals surface area contributed by atoms with Crippen LogP contribution in [0.5, 0.6) is 0 Å². The molecular formula is C21H23N5O. The molecule has 1 unspecified atom stereocenters. The monoisotopic (exact) mass is 361 g/mol. The molecule has 138 valence electrons. The molecule has 2 heterocycles. The summed E-state index contributed by atoms with van der Waals surface area (Å²) in [5.74, 6) is 0. The number of likely N-dealkylation sites (tertiary alicyclic amines) is 1. The van der Waals surface area contributed by atoms with Crippen LogP contribution in [0.3, 0.4) is 0 Å². The van der Waals surface area contributed by atoms with Gasteiger partial charge in [-0.1, -0.05) is 41.6 Å². The van der Waals surface area contributed by atoms with E-state index >= 15 is 0 Å². The van der Waals surface area contributed by atoms with Crippen molar-refractivity contribution in [2.24, 2.45) is 0 Å². The van der Waals surface area contributed by atoms with Gasteiger partial charge in [-0.15, -0.1) is 5.10 Å². The molecule has 1 aromatic heterocycles. The van der Waals surface area contributed by atoms with Crippen LogP contribution in [0, 0.1) is 13.8 Å². The molecular weight excluding hydrogens is 338 g/mol. The Kier molecular flexibility index (Phi) is 4.62. The summed E-state index contributed by atoms with van der Waals surface area (Å²) in [6, 6.07) is 16.1. The number of nitrogens with zero attached hydrogens (tertiary/aromatic N) is 4. The smallest absolute Gasteiger partial charge is 0.321 e. The van der Waals surface area contributed by atoms with Crippen molar-refractivity contribution in [2.45, 2.75) is 26.3 Å². The highest BCUT2D eigenvalue weighted by molar-refractivity contribution is 5.89. The molecule has 1 aliphatic rings. The largest absolute Gasteiger partial charge is 0.322 e. The number of aromatic nitrogens is 3. The Morgan fingerprint density at radius 3 is 2.70 bits per heavy atom. The zero-order valence-electron chi connectivity index (χ0n) is 15.6. The average molecular weight is 361 g/mol. The molecule has 6 heteroatoms. The van der Waals surface area contributed by atoms with Crippen LogP contribution in [0.15, 0.2) is 54.7 Å². The molecule has 2 amide bonds. The molecule has 1 saturated heterocycles. The van der Waals surface area contributed by atoms with E-state index in [0.717, 1.165) is 23.4 Å². The number of carbonyl (C=O) groups excluding carboxylic acids is 1. The topological polar surface area (TPSA) is 63.1 Å². The second-order valence-electron chi connectivity index (χ2n) is 7.07. The van der Waals surface area contributed by atoms with Gasteiger partial charge in [0.1, 0.15) is 5.69 Å². The number of carbonyl (C=O) groups is 1. The van der Waals surface area contributed by atoms with Crippen molar-refractivity contribution in [1.82, 2.24) is 19.9 Å². The van der Waals surface area contributed by atoms with Gasteiger partial charge < -0.3 is 10.2 Å². The van der Waals surface area contributed by atoms with Crippen LogP contribution in [0.1, 0.15) is 23.6 Å². The zero-order chi connectivity index (χ0) is 18.8. The van der Waals surface area contributed by atoms with Crippen LogP contribution >= 0.6 is 0 Å². The fourth-order valence-electron chi connectivity index (χ4n) is 3.36. The van der Waals surface area contributed by atoms with Crippen molar-refractivity contribution in [3.05, 3.63) is 65.9 Å². The van der Waals surface area contributed by atoms with Gasteiger partial charge >= 0.3 is 6.03 Å². The number of rotatable bonds is 3. The number of benzene rings is 2. The molecule has 0 aliphatic carbocycles. The molecule has 1 N–H and O–H groups in total. The van der Waals surface area contributed by atoms with Crippen LogP contribution in [0.25, 0.3) is 11.3 Å². The molecule has 0 radical (unpaired) electrons. The number of nitrogens with one attached hydrogen (secondary N) is 1. The van der Waals surface area contributed by atoms with E-state index in [1.165, 1.54) is 11.1 Å². The Hall–Kier alpha value is -3.15. The Morgan fingerprint density at radius 2 is 1.93 bits per heavy atom. The molecule has 0 saturated carbocycles. The minimum absolute atomic E-state index is 0.0656. The van der Waals surface area contributed by atoms with Crippen LogP contribution < -0.4 is 5.32 Å². The van der Waals surface area contributed by atoms with Gasteiger partial charge in [-0.05, 0) is 43.5 Å². The van der Waals surface area contributed by atoms with Gasteiger partial charge in [0.2, 0.25) is 0 Å². The van der Waals surface area contributed by atoms with Gasteiger partial charge in [-0.2, -0.15) is 0 Å². The number of hydrogen-bond donors (Lipinski definition) is 1. The number of aryl methyl sites for hydroxylation is 2. The summed E-state index contributed by atoms with van der Waals surface area (Å²) in [4.78, 5) is 14.4. The van der Waals surface area contributed by atoms with Crippen molar-refractivity contribution >= 4 is 11.7 Å². The molecule has 1 fully saturated rings. The Labute approximate surface area is 158 Å². The maximum atomic E-state index is 12.6. The van der Waals surface area contributed by atoms with Gasteiger partial charge in [0.15, 0.2) is 0 Å². The highest BCUT2D eigenvalue weighted by Gasteiger charge is 2.28. The fourth-order valence-corrected chi connectivity index (χ4v) is 3.36. The first-order valence-electron chi connectivity index (χ1n) is 9.20. The van der Waals surface area contributed by atoms with Crippen molar-refractivity contribution in [3.63, 3.8) is 0 Å². The lowest BCUT2D eigenvalue weighted by atomic mass is 10.1. The molecule has 6 nitrogen and oxygen atoms in total. The summed E-state index contributed by atoms with van der Waals surface area (Å²) >= 11 is 0. The minimum atomic E-state index is -0.0656. The van der Waals surface area contributed by atoms with Gasteiger partial charge in [0, 0.05) is 24.3 Å². The zero-order valence-corrected chi connectivity index (χ0v) is 15.6. The maximum absolute atomic E-state index is 12.6. The Morgan fingerprint density at radius 1 is 1.11 bits per heavy atom. The third-order valence-electron chi connectivity index (χ3n) is 5.16. The third kappa shape index (κ3) is 3.69. The van der Waals surface area contributed by atoms with E-state index in [0.29, 0.717) is 13.1 Å². The first-order valence-corrected chi connectivity index (χ1v) is 9.20. The van der Waals surface area contributed by atoms with Gasteiger partial charge in [0.05, 0.1) is 12.2 Å². The van der Waals surface area contributed by atoms with Crippen LogP contribution in [0.4, 0.5) is 10.5 Å². The van der Waals surface area contributed by atoms with Crippen molar-refractivity contribution in [3.8, 4) is 11.3 Å². The number of anilines is 1. The molecule has 0 bridgehead atoms. The molecule has 3 aromatic rings. The lowest BCUT2D eigenvalue weighted by Crippen LogP contribution is -2.33. The molecule has 1 atom stereocenters. The van der Waals surface area contributed by atoms with E-state index in [-0.39, 0.29) is 12.1 Å². The summed E-state index contributed by atoms with van der Waals surface area (Å²) in [6.45, 7) is 5.45. The number of amides is 2. The molecule has 0 spiro atoms. The number of hydrogen-bond acceptors (Lipinski definition) is 3. The highest BCUT2D eigenvalue weighted by atomic mass is 16.2. The number of urea groups is 1. The van der Waals surface area contributed by atoms with Crippen molar-refractivity contribution in [2.75, 3.05) is 18.4 Å². The quantitative estimate of drug-likeness (QED) is 0.766. The lowest BCUT2D eigenvalue weighted by molar-refractivity contribution is 0.220. The standard InChI is InChI=1S/C21H23N5O/c1-15-8-9-18(12-16(15)2)22-21(27)25-11-10-19(13-25)26-14-20(23-24-26)17-6-4-3-5-7-17/h3-9,12,14,19H,10-11,13H2,1-2H3,(H,22,27). The van der Waals surface area contributed by atoms with Gasteiger partial charge in [0.25, 0.3) is 0 Å². The minimum Gasteiger partial charge on any atom is -0.322 e. The first-order chi connectivity index (χ1) is 13.1. The SMILES string of the molecule is Cc1ccc(NC(=O)N2CCC(n3cc(-c4ccccc4)nn3)C2)cc1C. The van der Waals surface area contributed by atoms with E-state index in [9.17, 15) is 4.79 Å². The summed E-state index contributed by atoms with van der Waals surface area (Å²) in [5.41, 5.74) is 5.12. The van der Waals surface area contributed by atoms with Crippen LogP contribution in [-0.4, -0.2) is 39.0 Å². The van der Waals surface area contributed by atoms with Crippen LogP contribution in [-0.2, 0) is 0 Å². The van der Waals surface area contributed by atoms with E-state index < -0.39 is 0 Å². The van der Waals surface area contributed by atoms with E-state index in [1.54, 1.807) is 0 Å². The molecule has 1 aliphatic heterocycles. The van der Waals surface area contributed by atoms with Gasteiger partial charge in [-0.25, -0.2) is 9.48 Å². The maximum Gasteiger partial charge on any atom is 0.321 e.